The van der Waals surface area contributed by atoms with E-state index in [1.807, 2.05) is 18.4 Å². The summed E-state index contributed by atoms with van der Waals surface area (Å²) in [6, 6.07) is 6.40. The smallest absolute Gasteiger partial charge is 0.295 e. The van der Waals surface area contributed by atoms with Crippen molar-refractivity contribution in [2.75, 3.05) is 14.2 Å². The molecule has 1 aliphatic heterocycles. The second-order valence-corrected chi connectivity index (χ2v) is 8.98. The standard InChI is InChI=1S/C24H27NO5S/c1-14-11-12-31-23(14)20-19(21(26)17-13-16(29-2)9-10-18(17)30-3)22(27)24(28)25(20)15-7-5-4-6-8-15/h9-13,15,20,26H,4-8H2,1-3H3/b21-19+. The molecule has 0 radical (unpaired) electrons. The van der Waals surface area contributed by atoms with Crippen LogP contribution in [0.3, 0.4) is 0 Å². The van der Waals surface area contributed by atoms with Crippen LogP contribution < -0.4 is 9.47 Å². The van der Waals surface area contributed by atoms with Gasteiger partial charge in [0, 0.05) is 10.9 Å². The number of likely N-dealkylation sites (tertiary alicyclic amines) is 1. The number of thiophene rings is 1. The van der Waals surface area contributed by atoms with Gasteiger partial charge in [-0.3, -0.25) is 9.59 Å². The number of hydrogen-bond acceptors (Lipinski definition) is 6. The van der Waals surface area contributed by atoms with E-state index in [1.165, 1.54) is 25.6 Å². The third-order valence-corrected chi connectivity index (χ3v) is 7.33. The third-order valence-electron chi connectivity index (χ3n) is 6.26. The van der Waals surface area contributed by atoms with Gasteiger partial charge in [0.25, 0.3) is 11.7 Å². The first-order valence-corrected chi connectivity index (χ1v) is 11.4. The number of Topliss-reactive ketones (excluding diaryl/α,β-unsaturated/α-hetero) is 1. The van der Waals surface area contributed by atoms with E-state index in [0.717, 1.165) is 42.5 Å². The average Bonchev–Trinajstić information content (AvgIpc) is 3.33. The molecule has 4 rings (SSSR count). The molecule has 7 heteroatoms. The number of rotatable bonds is 5. The Balaban J connectivity index is 1.92. The number of methoxy groups -OCH3 is 2. The number of carbonyl (C=O) groups excluding carboxylic acids is 2. The summed E-state index contributed by atoms with van der Waals surface area (Å²) in [6.45, 7) is 1.97. The van der Waals surface area contributed by atoms with Crippen LogP contribution in [0.15, 0.2) is 35.2 Å². The highest BCUT2D eigenvalue weighted by Crippen LogP contribution is 2.46. The van der Waals surface area contributed by atoms with Crippen molar-refractivity contribution in [3.05, 3.63) is 51.2 Å². The molecule has 1 N–H and O–H groups in total. The number of carbonyl (C=O) groups is 2. The molecule has 1 saturated carbocycles. The molecule has 1 unspecified atom stereocenters. The molecular formula is C24H27NO5S. The van der Waals surface area contributed by atoms with Gasteiger partial charge < -0.3 is 19.5 Å². The first kappa shape index (κ1) is 21.4. The van der Waals surface area contributed by atoms with Crippen molar-refractivity contribution in [3.8, 4) is 11.5 Å². The Labute approximate surface area is 186 Å². The van der Waals surface area contributed by atoms with Crippen LogP contribution in [0.4, 0.5) is 0 Å². The number of nitrogens with zero attached hydrogens (tertiary/aromatic N) is 1. The van der Waals surface area contributed by atoms with Gasteiger partial charge in [-0.25, -0.2) is 0 Å². The largest absolute Gasteiger partial charge is 0.507 e. The molecule has 0 bridgehead atoms. The highest BCUT2D eigenvalue weighted by Gasteiger charge is 2.49. The number of ketones is 1. The number of hydrogen-bond donors (Lipinski definition) is 1. The molecule has 2 aliphatic rings. The average molecular weight is 442 g/mol. The Hall–Kier alpha value is -2.80. The highest BCUT2D eigenvalue weighted by atomic mass is 32.1. The molecule has 1 aromatic carbocycles. The summed E-state index contributed by atoms with van der Waals surface area (Å²) in [5, 5.41) is 13.3. The fourth-order valence-electron chi connectivity index (χ4n) is 4.65. The number of ether oxygens (including phenoxy) is 2. The minimum atomic E-state index is -0.647. The van der Waals surface area contributed by atoms with Crippen molar-refractivity contribution < 1.29 is 24.2 Å². The molecule has 2 fully saturated rings. The summed E-state index contributed by atoms with van der Waals surface area (Å²) in [4.78, 5) is 29.1. The fourth-order valence-corrected chi connectivity index (χ4v) is 5.69. The zero-order valence-corrected chi connectivity index (χ0v) is 18.8. The van der Waals surface area contributed by atoms with E-state index in [2.05, 4.69) is 0 Å². The van der Waals surface area contributed by atoms with Crippen LogP contribution in [-0.4, -0.2) is 42.0 Å². The van der Waals surface area contributed by atoms with Gasteiger partial charge in [-0.15, -0.1) is 11.3 Å². The number of amides is 1. The summed E-state index contributed by atoms with van der Waals surface area (Å²) in [5.74, 6) is -0.486. The highest BCUT2D eigenvalue weighted by molar-refractivity contribution is 7.10. The second kappa shape index (κ2) is 8.75. The molecule has 2 aromatic rings. The molecule has 1 atom stereocenters. The Morgan fingerprint density at radius 1 is 1.10 bits per heavy atom. The summed E-state index contributed by atoms with van der Waals surface area (Å²) in [5.41, 5.74) is 1.46. The third kappa shape index (κ3) is 3.71. The number of benzene rings is 1. The molecule has 1 aliphatic carbocycles. The lowest BCUT2D eigenvalue weighted by Gasteiger charge is -2.35. The van der Waals surface area contributed by atoms with Gasteiger partial charge in [0.05, 0.1) is 25.4 Å². The van der Waals surface area contributed by atoms with Crippen LogP contribution in [0.1, 0.15) is 54.1 Å². The van der Waals surface area contributed by atoms with Crippen molar-refractivity contribution in [2.45, 2.75) is 51.1 Å². The Morgan fingerprint density at radius 3 is 2.45 bits per heavy atom. The van der Waals surface area contributed by atoms with Gasteiger partial charge in [0.15, 0.2) is 0 Å². The predicted octanol–water partition coefficient (Wildman–Crippen LogP) is 4.83. The normalized spacial score (nSPS) is 21.5. The van der Waals surface area contributed by atoms with Crippen LogP contribution in [0.2, 0.25) is 0 Å². The maximum atomic E-state index is 13.3. The van der Waals surface area contributed by atoms with Gasteiger partial charge in [-0.1, -0.05) is 19.3 Å². The molecular weight excluding hydrogens is 414 g/mol. The molecule has 2 heterocycles. The molecule has 0 spiro atoms. The van der Waals surface area contributed by atoms with E-state index in [9.17, 15) is 14.7 Å². The SMILES string of the molecule is COc1ccc(OC)c(/C(O)=C2\C(=O)C(=O)N(C3CCCCC3)C2c2sccc2C)c1. The number of aliphatic hydroxyl groups excluding tert-OH is 1. The van der Waals surface area contributed by atoms with E-state index < -0.39 is 17.7 Å². The van der Waals surface area contributed by atoms with Crippen molar-refractivity contribution in [2.24, 2.45) is 0 Å². The first-order valence-electron chi connectivity index (χ1n) is 10.5. The lowest BCUT2D eigenvalue weighted by atomic mass is 9.92. The van der Waals surface area contributed by atoms with Crippen LogP contribution in [0, 0.1) is 6.92 Å². The lowest BCUT2D eigenvalue weighted by Crippen LogP contribution is -2.40. The molecule has 1 amide bonds. The van der Waals surface area contributed by atoms with Crippen molar-refractivity contribution in [3.63, 3.8) is 0 Å². The summed E-state index contributed by atoms with van der Waals surface area (Å²) >= 11 is 1.51. The quantitative estimate of drug-likeness (QED) is 0.409. The predicted molar refractivity (Wildman–Crippen MR) is 120 cm³/mol. The maximum absolute atomic E-state index is 13.3. The monoisotopic (exact) mass is 441 g/mol. The zero-order chi connectivity index (χ0) is 22.1. The maximum Gasteiger partial charge on any atom is 0.295 e. The van der Waals surface area contributed by atoms with Crippen LogP contribution in [-0.2, 0) is 9.59 Å². The van der Waals surface area contributed by atoms with Gasteiger partial charge in [0.1, 0.15) is 23.3 Å². The van der Waals surface area contributed by atoms with Gasteiger partial charge in [-0.2, -0.15) is 0 Å². The van der Waals surface area contributed by atoms with E-state index in [-0.39, 0.29) is 17.4 Å². The minimum Gasteiger partial charge on any atom is -0.507 e. The van der Waals surface area contributed by atoms with Gasteiger partial charge in [0.2, 0.25) is 0 Å². The van der Waals surface area contributed by atoms with E-state index in [4.69, 9.17) is 9.47 Å². The summed E-state index contributed by atoms with van der Waals surface area (Å²) in [7, 11) is 3.03. The Morgan fingerprint density at radius 2 is 1.84 bits per heavy atom. The summed E-state index contributed by atoms with van der Waals surface area (Å²) < 4.78 is 10.7. The van der Waals surface area contributed by atoms with Crippen molar-refractivity contribution in [1.29, 1.82) is 0 Å². The first-order chi connectivity index (χ1) is 15.0. The number of aryl methyl sites for hydroxylation is 1. The second-order valence-electron chi connectivity index (χ2n) is 8.03. The van der Waals surface area contributed by atoms with Crippen LogP contribution in [0.5, 0.6) is 11.5 Å². The molecule has 164 valence electrons. The van der Waals surface area contributed by atoms with Crippen molar-refractivity contribution in [1.82, 2.24) is 4.90 Å². The molecule has 6 nitrogen and oxygen atoms in total. The van der Waals surface area contributed by atoms with Gasteiger partial charge in [-0.05, 0) is 55.0 Å². The van der Waals surface area contributed by atoms with E-state index in [1.54, 1.807) is 23.1 Å². The lowest BCUT2D eigenvalue weighted by molar-refractivity contribution is -0.141. The number of aliphatic hydroxyl groups is 1. The Kier molecular flexibility index (Phi) is 6.05. The van der Waals surface area contributed by atoms with E-state index in [0.29, 0.717) is 17.1 Å². The molecule has 31 heavy (non-hydrogen) atoms. The molecule has 1 saturated heterocycles. The molecule has 1 aromatic heterocycles. The zero-order valence-electron chi connectivity index (χ0n) is 18.0. The van der Waals surface area contributed by atoms with Crippen LogP contribution >= 0.6 is 11.3 Å². The van der Waals surface area contributed by atoms with Gasteiger partial charge >= 0.3 is 0 Å². The van der Waals surface area contributed by atoms with E-state index >= 15 is 0 Å². The van der Waals surface area contributed by atoms with Crippen LogP contribution in [0.25, 0.3) is 5.76 Å². The van der Waals surface area contributed by atoms with Crippen molar-refractivity contribution >= 4 is 28.8 Å². The fraction of sp³-hybridized carbons (Fsp3) is 0.417. The Bertz CT molecular complexity index is 1030. The topological polar surface area (TPSA) is 76.1 Å². The summed E-state index contributed by atoms with van der Waals surface area (Å²) in [6.07, 6.45) is 4.96. The minimum absolute atomic E-state index is 0.00537.